The number of esters is 1. The normalized spacial score (nSPS) is 9.79. The van der Waals surface area contributed by atoms with Crippen molar-refractivity contribution in [1.29, 1.82) is 10.5 Å². The SMILES string of the molecule is Cc1cc(=O)[nH]c(SCC(=O)OCc2ccccc2C#N)c1C#N. The molecular formula is C17H13N3O3S. The highest BCUT2D eigenvalue weighted by molar-refractivity contribution is 7.99. The van der Waals surface area contributed by atoms with Crippen molar-refractivity contribution < 1.29 is 9.53 Å². The number of nitrogens with one attached hydrogen (secondary N) is 1. The van der Waals surface area contributed by atoms with Gasteiger partial charge in [0.15, 0.2) is 0 Å². The van der Waals surface area contributed by atoms with Gasteiger partial charge in [0.1, 0.15) is 12.7 Å². The van der Waals surface area contributed by atoms with Crippen LogP contribution >= 0.6 is 11.8 Å². The Morgan fingerprint density at radius 3 is 2.75 bits per heavy atom. The molecule has 0 aliphatic carbocycles. The van der Waals surface area contributed by atoms with Gasteiger partial charge in [-0.3, -0.25) is 9.59 Å². The lowest BCUT2D eigenvalue weighted by atomic mass is 10.1. The van der Waals surface area contributed by atoms with E-state index in [1.165, 1.54) is 6.07 Å². The van der Waals surface area contributed by atoms with Crippen molar-refractivity contribution in [3.63, 3.8) is 0 Å². The fourth-order valence-corrected chi connectivity index (χ4v) is 2.86. The third-order valence-electron chi connectivity index (χ3n) is 3.18. The third-order valence-corrected chi connectivity index (χ3v) is 4.15. The predicted octanol–water partition coefficient (Wildman–Crippen LogP) is 2.26. The Labute approximate surface area is 142 Å². The quantitative estimate of drug-likeness (QED) is 0.661. The van der Waals surface area contributed by atoms with E-state index in [2.05, 4.69) is 4.98 Å². The van der Waals surface area contributed by atoms with Gasteiger partial charge in [-0.1, -0.05) is 30.0 Å². The van der Waals surface area contributed by atoms with Gasteiger partial charge in [-0.05, 0) is 18.6 Å². The number of nitriles is 2. The molecule has 0 radical (unpaired) electrons. The van der Waals surface area contributed by atoms with Crippen LogP contribution in [0.1, 0.15) is 22.3 Å². The van der Waals surface area contributed by atoms with Crippen LogP contribution in [-0.4, -0.2) is 16.7 Å². The first kappa shape index (κ1) is 17.3. The molecule has 120 valence electrons. The van der Waals surface area contributed by atoms with Gasteiger partial charge >= 0.3 is 5.97 Å². The maximum atomic E-state index is 11.9. The van der Waals surface area contributed by atoms with Crippen LogP contribution in [0, 0.1) is 29.6 Å². The summed E-state index contributed by atoms with van der Waals surface area (Å²) in [6.07, 6.45) is 0. The number of aryl methyl sites for hydroxylation is 1. The number of H-pyrrole nitrogens is 1. The van der Waals surface area contributed by atoms with Gasteiger partial charge in [-0.15, -0.1) is 0 Å². The van der Waals surface area contributed by atoms with E-state index in [-0.39, 0.29) is 17.9 Å². The molecule has 7 heteroatoms. The lowest BCUT2D eigenvalue weighted by Crippen LogP contribution is -2.11. The van der Waals surface area contributed by atoms with Gasteiger partial charge in [-0.25, -0.2) is 0 Å². The van der Waals surface area contributed by atoms with E-state index in [1.807, 2.05) is 12.1 Å². The first-order valence-electron chi connectivity index (χ1n) is 6.95. The standard InChI is InChI=1S/C17H13N3O3S/c1-11-6-15(21)20-17(14(11)8-19)24-10-16(22)23-9-13-5-3-2-4-12(13)7-18/h2-6H,9-10H2,1H3,(H,20,21). The molecule has 24 heavy (non-hydrogen) atoms. The molecule has 0 aliphatic rings. The highest BCUT2D eigenvalue weighted by Crippen LogP contribution is 2.21. The summed E-state index contributed by atoms with van der Waals surface area (Å²) in [6, 6.07) is 12.2. The zero-order chi connectivity index (χ0) is 17.5. The minimum atomic E-state index is -0.501. The van der Waals surface area contributed by atoms with E-state index < -0.39 is 5.97 Å². The van der Waals surface area contributed by atoms with Crippen LogP contribution in [0.2, 0.25) is 0 Å². The Hall–Kier alpha value is -3.03. The molecule has 0 atom stereocenters. The average Bonchev–Trinajstić information content (AvgIpc) is 2.58. The van der Waals surface area contributed by atoms with Crippen molar-refractivity contribution in [2.75, 3.05) is 5.75 Å². The molecule has 1 aromatic carbocycles. The van der Waals surface area contributed by atoms with Gasteiger partial charge in [0.2, 0.25) is 5.56 Å². The minimum absolute atomic E-state index is 0.00142. The number of ether oxygens (including phenoxy) is 1. The van der Waals surface area contributed by atoms with Crippen molar-refractivity contribution in [2.45, 2.75) is 18.6 Å². The van der Waals surface area contributed by atoms with Crippen molar-refractivity contribution in [2.24, 2.45) is 0 Å². The summed E-state index contributed by atoms with van der Waals surface area (Å²) in [7, 11) is 0. The van der Waals surface area contributed by atoms with Gasteiger partial charge in [0.05, 0.1) is 28.0 Å². The van der Waals surface area contributed by atoms with Gasteiger partial charge in [0, 0.05) is 11.6 Å². The predicted molar refractivity (Wildman–Crippen MR) is 88.2 cm³/mol. The number of aromatic nitrogens is 1. The second kappa shape index (κ2) is 8.00. The third kappa shape index (κ3) is 4.25. The first-order chi connectivity index (χ1) is 11.5. The summed E-state index contributed by atoms with van der Waals surface area (Å²) in [5.41, 5.74) is 1.64. The van der Waals surface area contributed by atoms with E-state index in [9.17, 15) is 9.59 Å². The molecule has 1 heterocycles. The van der Waals surface area contributed by atoms with Gasteiger partial charge < -0.3 is 9.72 Å². The highest BCUT2D eigenvalue weighted by Gasteiger charge is 2.12. The Morgan fingerprint density at radius 2 is 2.04 bits per heavy atom. The number of hydrogen-bond donors (Lipinski definition) is 1. The van der Waals surface area contributed by atoms with E-state index in [0.717, 1.165) is 11.8 Å². The fourth-order valence-electron chi connectivity index (χ4n) is 1.99. The number of carbonyl (C=O) groups excluding carboxylic acids is 1. The molecule has 0 spiro atoms. The molecule has 0 unspecified atom stereocenters. The molecule has 0 amide bonds. The highest BCUT2D eigenvalue weighted by atomic mass is 32.2. The molecule has 0 fully saturated rings. The Kier molecular flexibility index (Phi) is 5.78. The van der Waals surface area contributed by atoms with Crippen LogP contribution in [0.25, 0.3) is 0 Å². The molecule has 0 saturated heterocycles. The molecule has 0 bridgehead atoms. The maximum absolute atomic E-state index is 11.9. The van der Waals surface area contributed by atoms with E-state index in [4.69, 9.17) is 15.3 Å². The maximum Gasteiger partial charge on any atom is 0.316 e. The van der Waals surface area contributed by atoms with E-state index >= 15 is 0 Å². The van der Waals surface area contributed by atoms with Crippen LogP contribution in [0.3, 0.4) is 0 Å². The lowest BCUT2D eigenvalue weighted by molar-refractivity contribution is -0.141. The summed E-state index contributed by atoms with van der Waals surface area (Å²) in [5, 5.41) is 18.5. The lowest BCUT2D eigenvalue weighted by Gasteiger charge is -2.07. The number of benzene rings is 1. The molecule has 2 rings (SSSR count). The monoisotopic (exact) mass is 339 g/mol. The molecule has 1 N–H and O–H groups in total. The Bertz CT molecular complexity index is 907. The van der Waals surface area contributed by atoms with Crippen molar-refractivity contribution in [3.05, 3.63) is 62.9 Å². The number of thioether (sulfide) groups is 1. The van der Waals surface area contributed by atoms with Crippen LogP contribution in [-0.2, 0) is 16.1 Å². The number of pyridine rings is 1. The molecular weight excluding hydrogens is 326 g/mol. The number of aromatic amines is 1. The smallest absolute Gasteiger partial charge is 0.316 e. The second-order valence-electron chi connectivity index (χ2n) is 4.85. The summed E-state index contributed by atoms with van der Waals surface area (Å²) in [6.45, 7) is 1.66. The number of rotatable bonds is 5. The minimum Gasteiger partial charge on any atom is -0.460 e. The number of hydrogen-bond acceptors (Lipinski definition) is 6. The van der Waals surface area contributed by atoms with Crippen LogP contribution in [0.5, 0.6) is 0 Å². The van der Waals surface area contributed by atoms with Crippen molar-refractivity contribution >= 4 is 17.7 Å². The first-order valence-corrected chi connectivity index (χ1v) is 7.94. The Balaban J connectivity index is 1.99. The number of nitrogens with zero attached hydrogens (tertiary/aromatic N) is 2. The zero-order valence-corrected chi connectivity index (χ0v) is 13.6. The molecule has 0 aliphatic heterocycles. The average molecular weight is 339 g/mol. The van der Waals surface area contributed by atoms with Crippen molar-refractivity contribution in [3.8, 4) is 12.1 Å². The molecule has 6 nitrogen and oxygen atoms in total. The molecule has 1 aromatic heterocycles. The zero-order valence-electron chi connectivity index (χ0n) is 12.8. The van der Waals surface area contributed by atoms with Gasteiger partial charge in [-0.2, -0.15) is 10.5 Å². The molecule has 0 saturated carbocycles. The largest absolute Gasteiger partial charge is 0.460 e. The molecule has 2 aromatic rings. The van der Waals surface area contributed by atoms with E-state index in [0.29, 0.717) is 27.3 Å². The van der Waals surface area contributed by atoms with Crippen molar-refractivity contribution in [1.82, 2.24) is 4.98 Å². The topological polar surface area (TPSA) is 107 Å². The summed E-state index contributed by atoms with van der Waals surface area (Å²) >= 11 is 1.04. The second-order valence-corrected chi connectivity index (χ2v) is 5.84. The summed E-state index contributed by atoms with van der Waals surface area (Å²) in [4.78, 5) is 25.9. The van der Waals surface area contributed by atoms with Crippen LogP contribution in [0.15, 0.2) is 40.2 Å². The Morgan fingerprint density at radius 1 is 1.29 bits per heavy atom. The van der Waals surface area contributed by atoms with Crippen LogP contribution < -0.4 is 5.56 Å². The van der Waals surface area contributed by atoms with Gasteiger partial charge in [0.25, 0.3) is 0 Å². The number of carbonyl (C=O) groups is 1. The van der Waals surface area contributed by atoms with Crippen LogP contribution in [0.4, 0.5) is 0 Å². The fraction of sp³-hybridized carbons (Fsp3) is 0.176. The summed E-state index contributed by atoms with van der Waals surface area (Å²) < 4.78 is 5.14. The summed E-state index contributed by atoms with van der Waals surface area (Å²) in [5.74, 6) is -0.554. The van der Waals surface area contributed by atoms with E-state index in [1.54, 1.807) is 31.2 Å².